The second-order valence-electron chi connectivity index (χ2n) is 4.98. The van der Waals surface area contributed by atoms with Crippen LogP contribution in [0, 0.1) is 6.92 Å². The van der Waals surface area contributed by atoms with Gasteiger partial charge in [-0.15, -0.1) is 0 Å². The van der Waals surface area contributed by atoms with Crippen molar-refractivity contribution in [1.82, 2.24) is 0 Å². The predicted octanol–water partition coefficient (Wildman–Crippen LogP) is 3.34. The molecule has 0 N–H and O–H groups in total. The van der Waals surface area contributed by atoms with Crippen LogP contribution in [0.25, 0.3) is 0 Å². The number of hydrogen-bond donors (Lipinski definition) is 0. The quantitative estimate of drug-likeness (QED) is 0.768. The van der Waals surface area contributed by atoms with Gasteiger partial charge in [0.1, 0.15) is 24.0 Å². The molecule has 0 amide bonds. The van der Waals surface area contributed by atoms with Crippen LogP contribution in [-0.2, 0) is 9.53 Å². The highest BCUT2D eigenvalue weighted by Gasteiger charge is 2.23. The van der Waals surface area contributed by atoms with Crippen molar-refractivity contribution in [3.8, 4) is 11.5 Å². The lowest BCUT2D eigenvalue weighted by Gasteiger charge is -2.17. The number of carbonyl (C=O) groups is 1. The van der Waals surface area contributed by atoms with Crippen LogP contribution in [0.1, 0.15) is 17.0 Å². The molecule has 1 unspecified atom stereocenters. The Labute approximate surface area is 130 Å². The van der Waals surface area contributed by atoms with Crippen molar-refractivity contribution in [3.05, 3.63) is 59.7 Å². The molecule has 0 fully saturated rings. The number of carbonyl (C=O) groups excluding carboxylic acids is 1. The predicted molar refractivity (Wildman–Crippen MR) is 84.4 cm³/mol. The molecule has 0 heterocycles. The van der Waals surface area contributed by atoms with Gasteiger partial charge in [0, 0.05) is 0 Å². The van der Waals surface area contributed by atoms with E-state index in [0.29, 0.717) is 5.75 Å². The zero-order chi connectivity index (χ0) is 15.9. The third-order valence-electron chi connectivity index (χ3n) is 3.39. The van der Waals surface area contributed by atoms with Crippen molar-refractivity contribution in [3.63, 3.8) is 0 Å². The number of benzene rings is 2. The fourth-order valence-electron chi connectivity index (χ4n) is 2.19. The SMILES string of the molecule is COC(=O)C(COc1cccc(C)c1)c1cccc(OC)c1. The van der Waals surface area contributed by atoms with Crippen LogP contribution in [0.15, 0.2) is 48.5 Å². The van der Waals surface area contributed by atoms with Gasteiger partial charge in [0.2, 0.25) is 0 Å². The molecule has 0 aromatic heterocycles. The summed E-state index contributed by atoms with van der Waals surface area (Å²) in [6, 6.07) is 15.1. The molecule has 0 aliphatic rings. The first-order valence-corrected chi connectivity index (χ1v) is 7.05. The number of esters is 1. The summed E-state index contributed by atoms with van der Waals surface area (Å²) in [5.74, 6) is 0.597. The molecule has 4 nitrogen and oxygen atoms in total. The molecular weight excluding hydrogens is 280 g/mol. The Morgan fingerprint density at radius 3 is 2.45 bits per heavy atom. The van der Waals surface area contributed by atoms with Gasteiger partial charge in [-0.2, -0.15) is 0 Å². The van der Waals surface area contributed by atoms with Gasteiger partial charge in [-0.1, -0.05) is 24.3 Å². The summed E-state index contributed by atoms with van der Waals surface area (Å²) in [5, 5.41) is 0. The topological polar surface area (TPSA) is 44.8 Å². The fraction of sp³-hybridized carbons (Fsp3) is 0.278. The van der Waals surface area contributed by atoms with Crippen molar-refractivity contribution in [2.75, 3.05) is 20.8 Å². The molecule has 116 valence electrons. The van der Waals surface area contributed by atoms with E-state index in [-0.39, 0.29) is 12.6 Å². The Morgan fingerprint density at radius 2 is 1.77 bits per heavy atom. The highest BCUT2D eigenvalue weighted by Crippen LogP contribution is 2.24. The Morgan fingerprint density at radius 1 is 1.05 bits per heavy atom. The molecule has 22 heavy (non-hydrogen) atoms. The van der Waals surface area contributed by atoms with Gasteiger partial charge in [0.25, 0.3) is 0 Å². The number of ether oxygens (including phenoxy) is 3. The van der Waals surface area contributed by atoms with E-state index in [0.717, 1.165) is 16.9 Å². The number of hydrogen-bond acceptors (Lipinski definition) is 4. The monoisotopic (exact) mass is 300 g/mol. The van der Waals surface area contributed by atoms with Crippen LogP contribution in [0.4, 0.5) is 0 Å². The lowest BCUT2D eigenvalue weighted by molar-refractivity contribution is -0.143. The minimum Gasteiger partial charge on any atom is -0.497 e. The largest absolute Gasteiger partial charge is 0.497 e. The lowest BCUT2D eigenvalue weighted by atomic mass is 10.00. The van der Waals surface area contributed by atoms with Crippen LogP contribution in [0.2, 0.25) is 0 Å². The normalized spacial score (nSPS) is 11.6. The average Bonchev–Trinajstić information content (AvgIpc) is 2.55. The summed E-state index contributed by atoms with van der Waals surface area (Å²) in [4.78, 5) is 12.1. The fourth-order valence-corrected chi connectivity index (χ4v) is 2.19. The van der Waals surface area contributed by atoms with Crippen LogP contribution >= 0.6 is 0 Å². The third-order valence-corrected chi connectivity index (χ3v) is 3.39. The summed E-state index contributed by atoms with van der Waals surface area (Å²) in [7, 11) is 2.97. The molecule has 0 aliphatic carbocycles. The molecule has 2 rings (SSSR count). The lowest BCUT2D eigenvalue weighted by Crippen LogP contribution is -2.21. The number of methoxy groups -OCH3 is 2. The maximum absolute atomic E-state index is 12.1. The van der Waals surface area contributed by atoms with Crippen LogP contribution < -0.4 is 9.47 Å². The first-order valence-electron chi connectivity index (χ1n) is 7.05. The highest BCUT2D eigenvalue weighted by atomic mass is 16.5. The molecule has 2 aromatic carbocycles. The second kappa shape index (κ2) is 7.50. The Hall–Kier alpha value is -2.49. The van der Waals surface area contributed by atoms with E-state index in [9.17, 15) is 4.79 Å². The van der Waals surface area contributed by atoms with Gasteiger partial charge >= 0.3 is 5.97 Å². The van der Waals surface area contributed by atoms with Gasteiger partial charge in [-0.25, -0.2) is 0 Å². The molecule has 0 aliphatic heterocycles. The average molecular weight is 300 g/mol. The third kappa shape index (κ3) is 4.01. The van der Waals surface area contributed by atoms with Gasteiger partial charge in [-0.3, -0.25) is 4.79 Å². The van der Waals surface area contributed by atoms with Crippen LogP contribution in [0.3, 0.4) is 0 Å². The Kier molecular flexibility index (Phi) is 5.42. The molecule has 0 saturated heterocycles. The second-order valence-corrected chi connectivity index (χ2v) is 4.98. The zero-order valence-corrected chi connectivity index (χ0v) is 13.0. The van der Waals surface area contributed by atoms with Gasteiger partial charge in [0.05, 0.1) is 14.2 Å². The van der Waals surface area contributed by atoms with Gasteiger partial charge < -0.3 is 14.2 Å². The molecule has 1 atom stereocenters. The van der Waals surface area contributed by atoms with E-state index in [4.69, 9.17) is 14.2 Å². The maximum Gasteiger partial charge on any atom is 0.316 e. The minimum absolute atomic E-state index is 0.212. The first kappa shape index (κ1) is 15.9. The van der Waals surface area contributed by atoms with Crippen molar-refractivity contribution in [1.29, 1.82) is 0 Å². The van der Waals surface area contributed by atoms with E-state index < -0.39 is 5.92 Å². The van der Waals surface area contributed by atoms with E-state index in [1.54, 1.807) is 7.11 Å². The summed E-state index contributed by atoms with van der Waals surface area (Å²) in [6.45, 7) is 2.20. The summed E-state index contributed by atoms with van der Waals surface area (Å²) in [5.41, 5.74) is 1.91. The molecule has 0 bridgehead atoms. The van der Waals surface area contributed by atoms with Crippen molar-refractivity contribution >= 4 is 5.97 Å². The molecule has 4 heteroatoms. The van der Waals surface area contributed by atoms with Gasteiger partial charge in [0.15, 0.2) is 0 Å². The smallest absolute Gasteiger partial charge is 0.316 e. The van der Waals surface area contributed by atoms with E-state index in [1.807, 2.05) is 55.5 Å². The summed E-state index contributed by atoms with van der Waals surface area (Å²) >= 11 is 0. The van der Waals surface area contributed by atoms with E-state index >= 15 is 0 Å². The molecule has 0 saturated carbocycles. The van der Waals surface area contributed by atoms with Crippen LogP contribution in [-0.4, -0.2) is 26.8 Å². The minimum atomic E-state index is -0.499. The van der Waals surface area contributed by atoms with Crippen molar-refractivity contribution < 1.29 is 19.0 Å². The number of rotatable bonds is 6. The molecule has 2 aromatic rings. The van der Waals surface area contributed by atoms with Gasteiger partial charge in [-0.05, 0) is 42.3 Å². The zero-order valence-electron chi connectivity index (χ0n) is 13.0. The Balaban J connectivity index is 2.17. The van der Waals surface area contributed by atoms with Crippen molar-refractivity contribution in [2.24, 2.45) is 0 Å². The summed E-state index contributed by atoms with van der Waals surface area (Å²) < 4.78 is 15.9. The first-order chi connectivity index (χ1) is 10.6. The van der Waals surface area contributed by atoms with Crippen molar-refractivity contribution in [2.45, 2.75) is 12.8 Å². The summed E-state index contributed by atoms with van der Waals surface area (Å²) in [6.07, 6.45) is 0. The standard InChI is InChI=1S/C18H20O4/c1-13-6-4-9-16(10-13)22-12-17(18(19)21-3)14-7-5-8-15(11-14)20-2/h4-11,17H,12H2,1-3H3. The molecule has 0 spiro atoms. The Bertz CT molecular complexity index is 636. The van der Waals surface area contributed by atoms with E-state index in [1.165, 1.54) is 7.11 Å². The van der Waals surface area contributed by atoms with Crippen LogP contribution in [0.5, 0.6) is 11.5 Å². The maximum atomic E-state index is 12.1. The van der Waals surface area contributed by atoms with E-state index in [2.05, 4.69) is 0 Å². The number of aryl methyl sites for hydroxylation is 1. The molecule has 0 radical (unpaired) electrons. The highest BCUT2D eigenvalue weighted by molar-refractivity contribution is 5.78. The molecular formula is C18H20O4.